The Morgan fingerprint density at radius 2 is 1.94 bits per heavy atom. The van der Waals surface area contributed by atoms with Gasteiger partial charge in [-0.2, -0.15) is 5.10 Å². The Labute approximate surface area is 188 Å². The highest BCUT2D eigenvalue weighted by Crippen LogP contribution is 2.33. The van der Waals surface area contributed by atoms with Gasteiger partial charge < -0.3 is 4.74 Å². The quantitative estimate of drug-likeness (QED) is 0.495. The van der Waals surface area contributed by atoms with E-state index in [4.69, 9.17) is 0 Å². The Bertz CT molecular complexity index is 1490. The lowest BCUT2D eigenvalue weighted by atomic mass is 9.97. The van der Waals surface area contributed by atoms with Crippen molar-refractivity contribution in [2.24, 2.45) is 4.99 Å². The highest BCUT2D eigenvalue weighted by atomic mass is 19.1. The first-order valence-corrected chi connectivity index (χ1v) is 10.3. The van der Waals surface area contributed by atoms with Crippen molar-refractivity contribution in [3.63, 3.8) is 0 Å². The van der Waals surface area contributed by atoms with Gasteiger partial charge in [-0.1, -0.05) is 36.4 Å². The maximum Gasteiger partial charge on any atom is 0.412 e. The van der Waals surface area contributed by atoms with Gasteiger partial charge in [-0.15, -0.1) is 0 Å². The summed E-state index contributed by atoms with van der Waals surface area (Å²) in [7, 11) is 1.29. The van der Waals surface area contributed by atoms with Crippen molar-refractivity contribution < 1.29 is 13.9 Å². The monoisotopic (exact) mass is 442 g/mol. The minimum atomic E-state index is -0.580. The Morgan fingerprint density at radius 1 is 1.12 bits per heavy atom. The van der Waals surface area contributed by atoms with E-state index in [0.29, 0.717) is 46.6 Å². The van der Waals surface area contributed by atoms with Gasteiger partial charge in [0.2, 0.25) is 0 Å². The van der Waals surface area contributed by atoms with Crippen molar-refractivity contribution in [3.05, 3.63) is 93.7 Å². The first-order chi connectivity index (χ1) is 16.0. The lowest BCUT2D eigenvalue weighted by Crippen LogP contribution is -2.30. The molecule has 33 heavy (non-hydrogen) atoms. The maximum absolute atomic E-state index is 14.8. The first kappa shape index (κ1) is 20.6. The van der Waals surface area contributed by atoms with Crippen LogP contribution in [-0.2, 0) is 17.6 Å². The zero-order valence-electron chi connectivity index (χ0n) is 17.7. The fourth-order valence-electron chi connectivity index (χ4n) is 3.99. The molecule has 0 saturated heterocycles. The van der Waals surface area contributed by atoms with E-state index in [0.717, 1.165) is 16.5 Å². The smallest absolute Gasteiger partial charge is 0.412 e. The summed E-state index contributed by atoms with van der Waals surface area (Å²) in [5, 5.41) is 10.7. The standard InChI is InChI=1S/C25H19FN4O3/c1-33-25(32)28-23-13-16-8-7-15(12-21(16)27-23)19-10-14(6-9-20(19)26)11-22-17-4-2-3-5-18(17)24(31)30-29-22/h2-10,12H,11,13H2,1H3,(H,30,31)(H,27,28,32). The van der Waals surface area contributed by atoms with Crippen LogP contribution < -0.4 is 10.9 Å². The molecule has 4 aromatic rings. The Hall–Kier alpha value is -4.33. The van der Waals surface area contributed by atoms with Crippen LogP contribution in [0.15, 0.2) is 70.5 Å². The van der Waals surface area contributed by atoms with Gasteiger partial charge in [0.15, 0.2) is 0 Å². The van der Waals surface area contributed by atoms with Crippen LogP contribution in [0.1, 0.15) is 16.8 Å². The molecule has 2 heterocycles. The molecule has 8 heteroatoms. The molecular weight excluding hydrogens is 423 g/mol. The van der Waals surface area contributed by atoms with Crippen molar-refractivity contribution in [3.8, 4) is 11.1 Å². The first-order valence-electron chi connectivity index (χ1n) is 10.3. The van der Waals surface area contributed by atoms with Crippen LogP contribution in [0.25, 0.3) is 21.9 Å². The minimum absolute atomic E-state index is 0.242. The fourth-order valence-corrected chi connectivity index (χ4v) is 3.99. The van der Waals surface area contributed by atoms with Gasteiger partial charge in [0.1, 0.15) is 11.7 Å². The molecule has 0 unspecified atom stereocenters. The lowest BCUT2D eigenvalue weighted by Gasteiger charge is -2.09. The molecule has 0 atom stereocenters. The average Bonchev–Trinajstić information content (AvgIpc) is 3.23. The molecule has 7 nitrogen and oxygen atoms in total. The predicted molar refractivity (Wildman–Crippen MR) is 123 cm³/mol. The number of amides is 1. The number of benzene rings is 3. The summed E-state index contributed by atoms with van der Waals surface area (Å²) in [6.45, 7) is 0. The predicted octanol–water partition coefficient (Wildman–Crippen LogP) is 4.26. The van der Waals surface area contributed by atoms with E-state index < -0.39 is 6.09 Å². The third-order valence-corrected chi connectivity index (χ3v) is 5.62. The van der Waals surface area contributed by atoms with E-state index in [-0.39, 0.29) is 11.4 Å². The van der Waals surface area contributed by atoms with Gasteiger partial charge in [-0.05, 0) is 41.0 Å². The number of amidine groups is 1. The third kappa shape index (κ3) is 3.98. The summed E-state index contributed by atoms with van der Waals surface area (Å²) in [5.41, 5.74) is 4.05. The molecule has 0 aliphatic carbocycles. The van der Waals surface area contributed by atoms with Crippen molar-refractivity contribution in [1.82, 2.24) is 15.5 Å². The zero-order valence-corrected chi connectivity index (χ0v) is 17.7. The number of aromatic amines is 1. The van der Waals surface area contributed by atoms with Gasteiger partial charge in [0.25, 0.3) is 5.56 Å². The van der Waals surface area contributed by atoms with E-state index in [1.807, 2.05) is 24.3 Å². The summed E-state index contributed by atoms with van der Waals surface area (Å²) in [4.78, 5) is 27.9. The molecule has 0 bridgehead atoms. The topological polar surface area (TPSA) is 96.4 Å². The maximum atomic E-state index is 14.8. The van der Waals surface area contributed by atoms with Gasteiger partial charge in [-0.25, -0.2) is 19.3 Å². The van der Waals surface area contributed by atoms with Gasteiger partial charge in [-0.3, -0.25) is 10.1 Å². The third-order valence-electron chi connectivity index (χ3n) is 5.62. The zero-order chi connectivity index (χ0) is 22.9. The van der Waals surface area contributed by atoms with Crippen LogP contribution in [0.4, 0.5) is 14.9 Å². The molecule has 164 valence electrons. The van der Waals surface area contributed by atoms with E-state index in [9.17, 15) is 14.0 Å². The summed E-state index contributed by atoms with van der Waals surface area (Å²) in [6.07, 6.45) is 0.322. The molecule has 2 N–H and O–H groups in total. The van der Waals surface area contributed by atoms with E-state index in [1.54, 1.807) is 30.3 Å². The Balaban J connectivity index is 1.48. The van der Waals surface area contributed by atoms with Gasteiger partial charge >= 0.3 is 6.09 Å². The number of carbonyl (C=O) groups is 1. The second kappa shape index (κ2) is 8.31. The van der Waals surface area contributed by atoms with Crippen molar-refractivity contribution >= 4 is 28.4 Å². The number of hydrogen-bond acceptors (Lipinski definition) is 5. The highest BCUT2D eigenvalue weighted by molar-refractivity contribution is 6.01. The van der Waals surface area contributed by atoms with Crippen LogP contribution in [-0.4, -0.2) is 29.2 Å². The number of nitrogens with one attached hydrogen (secondary N) is 2. The van der Waals surface area contributed by atoms with E-state index >= 15 is 0 Å². The molecule has 1 aliphatic heterocycles. The van der Waals surface area contributed by atoms with Crippen LogP contribution in [0.3, 0.4) is 0 Å². The molecule has 1 aromatic heterocycles. The SMILES string of the molecule is COC(=O)NC1=Nc2cc(-c3cc(Cc4n[nH]c(=O)c5ccccc45)ccc3F)ccc2C1. The number of halogens is 1. The van der Waals surface area contributed by atoms with Crippen molar-refractivity contribution in [2.45, 2.75) is 12.8 Å². The molecule has 0 fully saturated rings. The average molecular weight is 442 g/mol. The van der Waals surface area contributed by atoms with Gasteiger partial charge in [0, 0.05) is 23.8 Å². The molecule has 1 aliphatic rings. The number of aromatic nitrogens is 2. The number of methoxy groups -OCH3 is 1. The van der Waals surface area contributed by atoms with Crippen LogP contribution in [0.2, 0.25) is 0 Å². The van der Waals surface area contributed by atoms with Gasteiger partial charge in [0.05, 0.1) is 23.9 Å². The number of fused-ring (bicyclic) bond motifs is 2. The minimum Gasteiger partial charge on any atom is -0.453 e. The number of alkyl carbamates (subject to hydrolysis) is 1. The molecule has 1 amide bonds. The number of carbonyl (C=O) groups excluding carboxylic acids is 1. The van der Waals surface area contributed by atoms with Crippen molar-refractivity contribution in [1.29, 1.82) is 0 Å². The second-order valence-corrected chi connectivity index (χ2v) is 7.73. The number of H-pyrrole nitrogens is 1. The fraction of sp³-hybridized carbons (Fsp3) is 0.120. The summed E-state index contributed by atoms with van der Waals surface area (Å²) in [5.74, 6) is 0.132. The molecule has 0 radical (unpaired) electrons. The molecule has 0 saturated carbocycles. The number of ether oxygens (including phenoxy) is 1. The number of rotatable bonds is 3. The lowest BCUT2D eigenvalue weighted by molar-refractivity contribution is 0.176. The van der Waals surface area contributed by atoms with Crippen LogP contribution in [0, 0.1) is 5.82 Å². The highest BCUT2D eigenvalue weighted by Gasteiger charge is 2.18. The van der Waals surface area contributed by atoms with Crippen LogP contribution >= 0.6 is 0 Å². The van der Waals surface area contributed by atoms with E-state index in [1.165, 1.54) is 13.2 Å². The second-order valence-electron chi connectivity index (χ2n) is 7.73. The summed E-state index contributed by atoms with van der Waals surface area (Å²) in [6, 6.07) is 17.7. The number of nitrogens with zero attached hydrogens (tertiary/aromatic N) is 2. The number of hydrogen-bond donors (Lipinski definition) is 2. The normalized spacial score (nSPS) is 12.4. The Morgan fingerprint density at radius 3 is 2.76 bits per heavy atom. The largest absolute Gasteiger partial charge is 0.453 e. The molecule has 0 spiro atoms. The van der Waals surface area contributed by atoms with E-state index in [2.05, 4.69) is 25.2 Å². The Kier molecular flexibility index (Phi) is 5.18. The van der Waals surface area contributed by atoms with Crippen LogP contribution in [0.5, 0.6) is 0 Å². The summed E-state index contributed by atoms with van der Waals surface area (Å²) < 4.78 is 19.4. The molecule has 5 rings (SSSR count). The van der Waals surface area contributed by atoms with Crippen molar-refractivity contribution in [2.75, 3.05) is 7.11 Å². The summed E-state index contributed by atoms with van der Waals surface area (Å²) >= 11 is 0. The number of aliphatic imine (C=N–C) groups is 1. The molecular formula is C25H19FN4O3. The molecule has 3 aromatic carbocycles.